The van der Waals surface area contributed by atoms with Crippen molar-refractivity contribution in [3.63, 3.8) is 0 Å². The fraction of sp³-hybridized carbons (Fsp3) is 0.667. The lowest BCUT2D eigenvalue weighted by molar-refractivity contribution is 0.0881. The van der Waals surface area contributed by atoms with E-state index in [9.17, 15) is 4.79 Å². The molecule has 0 aliphatic rings. The molecule has 1 rings (SSSR count). The number of carbonyl (C=O) groups excluding carboxylic acids is 1. The van der Waals surface area contributed by atoms with E-state index >= 15 is 0 Å². The molecule has 2 N–H and O–H groups in total. The molecule has 0 fully saturated rings. The number of hydrogen-bond acceptors (Lipinski definition) is 5. The molecule has 1 unspecified atom stereocenters. The van der Waals surface area contributed by atoms with Crippen LogP contribution in [-0.4, -0.2) is 40.5 Å². The largest absolute Gasteiger partial charge is 0.383 e. The smallest absolute Gasteiger partial charge is 0.201 e. The highest BCUT2D eigenvalue weighted by atomic mass is 16.5. The van der Waals surface area contributed by atoms with E-state index in [1.165, 1.54) is 13.3 Å². The highest BCUT2D eigenvalue weighted by molar-refractivity contribution is 5.98. The van der Waals surface area contributed by atoms with Gasteiger partial charge in [-0.15, -0.1) is 5.10 Å². The van der Waals surface area contributed by atoms with Crippen LogP contribution in [0, 0.1) is 0 Å². The van der Waals surface area contributed by atoms with Crippen molar-refractivity contribution in [3.8, 4) is 0 Å². The number of nitrogens with zero attached hydrogens (tertiary/aromatic N) is 3. The summed E-state index contributed by atoms with van der Waals surface area (Å²) >= 11 is 0. The predicted molar refractivity (Wildman–Crippen MR) is 54.5 cm³/mol. The molecule has 1 atom stereocenters. The van der Waals surface area contributed by atoms with E-state index in [0.717, 1.165) is 6.42 Å². The van der Waals surface area contributed by atoms with Crippen LogP contribution >= 0.6 is 0 Å². The predicted octanol–water partition coefficient (Wildman–Crippen LogP) is -0.155. The molecule has 0 aliphatic heterocycles. The van der Waals surface area contributed by atoms with Crippen molar-refractivity contribution in [2.45, 2.75) is 25.9 Å². The molecular weight excluding hydrogens is 196 g/mol. The summed E-state index contributed by atoms with van der Waals surface area (Å²) in [6, 6.07) is -0.649. The zero-order chi connectivity index (χ0) is 11.3. The van der Waals surface area contributed by atoms with Gasteiger partial charge in [0.25, 0.3) is 0 Å². The minimum atomic E-state index is -0.649. The van der Waals surface area contributed by atoms with Crippen LogP contribution in [0.5, 0.6) is 0 Å². The van der Waals surface area contributed by atoms with Crippen molar-refractivity contribution in [2.24, 2.45) is 5.73 Å². The molecule has 0 aliphatic carbocycles. The number of methoxy groups -OCH3 is 1. The summed E-state index contributed by atoms with van der Waals surface area (Å²) in [6.07, 6.45) is 2.33. The van der Waals surface area contributed by atoms with Gasteiger partial charge in [-0.3, -0.25) is 4.79 Å². The molecule has 15 heavy (non-hydrogen) atoms. The summed E-state index contributed by atoms with van der Waals surface area (Å²) < 4.78 is 6.39. The molecule has 1 aromatic rings. The van der Waals surface area contributed by atoms with Crippen LogP contribution in [0.4, 0.5) is 0 Å². The Morgan fingerprint density at radius 3 is 3.07 bits per heavy atom. The minimum Gasteiger partial charge on any atom is -0.383 e. The van der Waals surface area contributed by atoms with Gasteiger partial charge in [0.1, 0.15) is 5.69 Å². The van der Waals surface area contributed by atoms with E-state index in [-0.39, 0.29) is 12.4 Å². The van der Waals surface area contributed by atoms with Gasteiger partial charge in [0.05, 0.1) is 18.8 Å². The molecule has 6 nitrogen and oxygen atoms in total. The maximum atomic E-state index is 11.8. The SMILES string of the molecule is CCCn1nncc1C(=O)C(N)COC. The Bertz CT molecular complexity index is 324. The Labute approximate surface area is 88.4 Å². The molecule has 6 heteroatoms. The third-order valence-electron chi connectivity index (χ3n) is 1.99. The topological polar surface area (TPSA) is 83.0 Å². The lowest BCUT2D eigenvalue weighted by atomic mass is 10.1. The van der Waals surface area contributed by atoms with Crippen molar-refractivity contribution >= 4 is 5.78 Å². The number of aryl methyl sites for hydroxylation is 1. The molecule has 0 spiro atoms. The van der Waals surface area contributed by atoms with Crippen LogP contribution in [0.3, 0.4) is 0 Å². The molecule has 0 saturated carbocycles. The molecule has 1 heterocycles. The van der Waals surface area contributed by atoms with E-state index in [4.69, 9.17) is 10.5 Å². The highest BCUT2D eigenvalue weighted by Gasteiger charge is 2.19. The van der Waals surface area contributed by atoms with Gasteiger partial charge in [0.2, 0.25) is 5.78 Å². The molecule has 84 valence electrons. The number of aromatic nitrogens is 3. The number of hydrogen-bond donors (Lipinski definition) is 1. The first-order valence-corrected chi connectivity index (χ1v) is 4.88. The number of carbonyl (C=O) groups is 1. The normalized spacial score (nSPS) is 12.7. The van der Waals surface area contributed by atoms with E-state index in [1.54, 1.807) is 4.68 Å². The average Bonchev–Trinajstić information content (AvgIpc) is 2.66. The Balaban J connectivity index is 2.76. The van der Waals surface area contributed by atoms with E-state index in [2.05, 4.69) is 10.3 Å². The van der Waals surface area contributed by atoms with Gasteiger partial charge in [-0.2, -0.15) is 0 Å². The van der Waals surface area contributed by atoms with Gasteiger partial charge in [0.15, 0.2) is 0 Å². The maximum absolute atomic E-state index is 11.8. The standard InChI is InChI=1S/C9H16N4O2/c1-3-4-13-8(5-11-12-13)9(14)7(10)6-15-2/h5,7H,3-4,6,10H2,1-2H3. The van der Waals surface area contributed by atoms with Gasteiger partial charge in [-0.1, -0.05) is 12.1 Å². The molecular formula is C9H16N4O2. The summed E-state index contributed by atoms with van der Waals surface area (Å²) in [5.41, 5.74) is 6.09. The number of ketones is 1. The third-order valence-corrected chi connectivity index (χ3v) is 1.99. The first kappa shape index (κ1) is 11.8. The first-order valence-electron chi connectivity index (χ1n) is 4.88. The lowest BCUT2D eigenvalue weighted by Gasteiger charge is -2.09. The second-order valence-corrected chi connectivity index (χ2v) is 3.27. The molecule has 1 aromatic heterocycles. The van der Waals surface area contributed by atoms with Crippen LogP contribution in [0.2, 0.25) is 0 Å². The monoisotopic (exact) mass is 212 g/mol. The van der Waals surface area contributed by atoms with Gasteiger partial charge >= 0.3 is 0 Å². The molecule has 0 saturated heterocycles. The summed E-state index contributed by atoms with van der Waals surface area (Å²) in [5.74, 6) is -0.185. The maximum Gasteiger partial charge on any atom is 0.201 e. The van der Waals surface area contributed by atoms with E-state index < -0.39 is 6.04 Å². The van der Waals surface area contributed by atoms with Crippen LogP contribution in [0.15, 0.2) is 6.20 Å². The Morgan fingerprint density at radius 1 is 1.73 bits per heavy atom. The number of nitrogens with two attached hydrogens (primary N) is 1. The number of ether oxygens (including phenoxy) is 1. The number of rotatable bonds is 6. The van der Waals surface area contributed by atoms with Gasteiger partial charge in [0, 0.05) is 13.7 Å². The average molecular weight is 212 g/mol. The first-order chi connectivity index (χ1) is 7.20. The zero-order valence-electron chi connectivity index (χ0n) is 9.01. The van der Waals surface area contributed by atoms with Gasteiger partial charge in [-0.25, -0.2) is 4.68 Å². The Morgan fingerprint density at radius 2 is 2.47 bits per heavy atom. The van der Waals surface area contributed by atoms with Crippen LogP contribution < -0.4 is 5.73 Å². The number of Topliss-reactive ketones (excluding diaryl/α,β-unsaturated/α-hetero) is 1. The second kappa shape index (κ2) is 5.57. The van der Waals surface area contributed by atoms with E-state index in [0.29, 0.717) is 12.2 Å². The van der Waals surface area contributed by atoms with Crippen molar-refractivity contribution in [3.05, 3.63) is 11.9 Å². The van der Waals surface area contributed by atoms with Crippen LogP contribution in [0.25, 0.3) is 0 Å². The Hall–Kier alpha value is -1.27. The molecule has 0 bridgehead atoms. The summed E-state index contributed by atoms with van der Waals surface area (Å²) in [6.45, 7) is 2.88. The van der Waals surface area contributed by atoms with Crippen molar-refractivity contribution in [1.82, 2.24) is 15.0 Å². The highest BCUT2D eigenvalue weighted by Crippen LogP contribution is 2.02. The fourth-order valence-corrected chi connectivity index (χ4v) is 1.27. The van der Waals surface area contributed by atoms with Crippen molar-refractivity contribution in [2.75, 3.05) is 13.7 Å². The third kappa shape index (κ3) is 2.84. The molecule has 0 aromatic carbocycles. The van der Waals surface area contributed by atoms with E-state index in [1.807, 2.05) is 6.92 Å². The second-order valence-electron chi connectivity index (χ2n) is 3.27. The van der Waals surface area contributed by atoms with Gasteiger partial charge < -0.3 is 10.5 Å². The summed E-state index contributed by atoms with van der Waals surface area (Å²) in [7, 11) is 1.51. The van der Waals surface area contributed by atoms with Crippen molar-refractivity contribution < 1.29 is 9.53 Å². The molecule has 0 amide bonds. The minimum absolute atomic E-state index is 0.185. The zero-order valence-corrected chi connectivity index (χ0v) is 9.01. The van der Waals surface area contributed by atoms with Crippen LogP contribution in [-0.2, 0) is 11.3 Å². The quantitative estimate of drug-likeness (QED) is 0.663. The van der Waals surface area contributed by atoms with Crippen molar-refractivity contribution in [1.29, 1.82) is 0 Å². The molecule has 0 radical (unpaired) electrons. The Kier molecular flexibility index (Phi) is 4.38. The van der Waals surface area contributed by atoms with Crippen LogP contribution in [0.1, 0.15) is 23.8 Å². The lowest BCUT2D eigenvalue weighted by Crippen LogP contribution is -2.36. The van der Waals surface area contributed by atoms with Gasteiger partial charge in [-0.05, 0) is 6.42 Å². The fourth-order valence-electron chi connectivity index (χ4n) is 1.27. The summed E-state index contributed by atoms with van der Waals surface area (Å²) in [4.78, 5) is 11.8. The summed E-state index contributed by atoms with van der Waals surface area (Å²) in [5, 5.41) is 7.52.